The highest BCUT2D eigenvalue weighted by molar-refractivity contribution is 5.90. The van der Waals surface area contributed by atoms with Crippen LogP contribution in [-0.2, 0) is 20.9 Å². The quantitative estimate of drug-likeness (QED) is 0.814. The first kappa shape index (κ1) is 17.2. The van der Waals surface area contributed by atoms with Gasteiger partial charge in [0.2, 0.25) is 11.8 Å². The zero-order valence-electron chi connectivity index (χ0n) is 14.0. The minimum Gasteiger partial charge on any atom is -0.374 e. The summed E-state index contributed by atoms with van der Waals surface area (Å²) in [5, 5.41) is 5.70. The molecule has 3 rings (SSSR count). The Morgan fingerprint density at radius 1 is 1.12 bits per heavy atom. The van der Waals surface area contributed by atoms with Crippen molar-refractivity contribution in [3.8, 4) is 0 Å². The molecular formula is C20H22N2O3. The first-order valence-corrected chi connectivity index (χ1v) is 8.49. The maximum Gasteiger partial charge on any atom is 0.243 e. The largest absolute Gasteiger partial charge is 0.374 e. The van der Waals surface area contributed by atoms with E-state index in [0.717, 1.165) is 11.1 Å². The number of nitrogens with one attached hydrogen (secondary N) is 2. The molecular weight excluding hydrogens is 316 g/mol. The predicted molar refractivity (Wildman–Crippen MR) is 94.6 cm³/mol. The Morgan fingerprint density at radius 3 is 2.44 bits per heavy atom. The first-order chi connectivity index (χ1) is 12.2. The van der Waals surface area contributed by atoms with Crippen molar-refractivity contribution in [2.24, 2.45) is 0 Å². The normalized spacial score (nSPS) is 17.8. The van der Waals surface area contributed by atoms with E-state index in [1.807, 2.05) is 60.7 Å². The minimum atomic E-state index is -0.451. The molecule has 2 N–H and O–H groups in total. The van der Waals surface area contributed by atoms with Crippen LogP contribution in [0.25, 0.3) is 0 Å². The Labute approximate surface area is 147 Å². The van der Waals surface area contributed by atoms with E-state index < -0.39 is 6.04 Å². The van der Waals surface area contributed by atoms with Crippen LogP contribution >= 0.6 is 0 Å². The number of carbonyl (C=O) groups excluding carboxylic acids is 2. The number of hydrogen-bond donors (Lipinski definition) is 2. The first-order valence-electron chi connectivity index (χ1n) is 8.49. The Hall–Kier alpha value is -2.66. The molecule has 0 unspecified atom stereocenters. The summed E-state index contributed by atoms with van der Waals surface area (Å²) < 4.78 is 5.82. The minimum absolute atomic E-state index is 0.0725. The summed E-state index contributed by atoms with van der Waals surface area (Å²) in [6.45, 7) is 0.853. The Balaban J connectivity index is 1.61. The van der Waals surface area contributed by atoms with Crippen molar-refractivity contribution < 1.29 is 14.3 Å². The van der Waals surface area contributed by atoms with Gasteiger partial charge in [-0.25, -0.2) is 0 Å². The monoisotopic (exact) mass is 338 g/mol. The molecule has 0 aromatic heterocycles. The Bertz CT molecular complexity index is 703. The highest BCUT2D eigenvalue weighted by Gasteiger charge is 2.28. The molecule has 2 aromatic rings. The molecule has 0 saturated carbocycles. The van der Waals surface area contributed by atoms with Crippen LogP contribution in [0.5, 0.6) is 0 Å². The van der Waals surface area contributed by atoms with Crippen molar-refractivity contribution in [2.45, 2.75) is 31.5 Å². The second kappa shape index (κ2) is 8.44. The van der Waals surface area contributed by atoms with Gasteiger partial charge in [0, 0.05) is 6.42 Å². The highest BCUT2D eigenvalue weighted by Crippen LogP contribution is 2.16. The topological polar surface area (TPSA) is 67.4 Å². The van der Waals surface area contributed by atoms with Gasteiger partial charge < -0.3 is 15.4 Å². The summed E-state index contributed by atoms with van der Waals surface area (Å²) in [6.07, 6.45) is 0.940. The lowest BCUT2D eigenvalue weighted by molar-refractivity contribution is -0.126. The van der Waals surface area contributed by atoms with E-state index in [1.54, 1.807) is 0 Å². The third-order valence-electron chi connectivity index (χ3n) is 4.23. The molecule has 130 valence electrons. The van der Waals surface area contributed by atoms with E-state index in [4.69, 9.17) is 4.74 Å². The molecule has 1 saturated heterocycles. The number of amides is 2. The zero-order chi connectivity index (χ0) is 17.5. The molecule has 0 spiro atoms. The average Bonchev–Trinajstić information content (AvgIpc) is 3.09. The van der Waals surface area contributed by atoms with Crippen LogP contribution in [0.2, 0.25) is 0 Å². The highest BCUT2D eigenvalue weighted by atomic mass is 16.5. The maximum absolute atomic E-state index is 12.4. The van der Waals surface area contributed by atoms with Gasteiger partial charge in [-0.1, -0.05) is 60.7 Å². The van der Waals surface area contributed by atoms with Gasteiger partial charge in [0.25, 0.3) is 0 Å². The Morgan fingerprint density at radius 2 is 1.80 bits per heavy atom. The number of carbonyl (C=O) groups is 2. The fourth-order valence-electron chi connectivity index (χ4n) is 2.86. The summed E-state index contributed by atoms with van der Waals surface area (Å²) in [4.78, 5) is 23.8. The second-order valence-electron chi connectivity index (χ2n) is 6.13. The zero-order valence-corrected chi connectivity index (χ0v) is 14.0. The van der Waals surface area contributed by atoms with Crippen molar-refractivity contribution >= 4 is 11.8 Å². The van der Waals surface area contributed by atoms with Crippen LogP contribution in [0, 0.1) is 0 Å². The van der Waals surface area contributed by atoms with Gasteiger partial charge in [-0.2, -0.15) is 0 Å². The molecule has 5 nitrogen and oxygen atoms in total. The van der Waals surface area contributed by atoms with Crippen LogP contribution in [0.1, 0.15) is 30.0 Å². The van der Waals surface area contributed by atoms with Crippen LogP contribution in [0.3, 0.4) is 0 Å². The molecule has 2 aromatic carbocycles. The lowest BCUT2D eigenvalue weighted by atomic mass is 10.1. The van der Waals surface area contributed by atoms with Crippen molar-refractivity contribution in [1.29, 1.82) is 0 Å². The molecule has 25 heavy (non-hydrogen) atoms. The molecule has 0 radical (unpaired) electrons. The summed E-state index contributed by atoms with van der Waals surface area (Å²) in [7, 11) is 0. The number of benzene rings is 2. The molecule has 1 heterocycles. The number of rotatable bonds is 7. The Kier molecular flexibility index (Phi) is 5.80. The number of hydrogen-bond acceptors (Lipinski definition) is 3. The SMILES string of the molecule is O=C1CC[C@H](C(=O)N[C@H](COCc2ccccc2)c2ccccc2)N1. The predicted octanol–water partition coefficient (Wildman–Crippen LogP) is 2.34. The molecule has 1 fully saturated rings. The molecule has 0 aliphatic carbocycles. The van der Waals surface area contributed by atoms with Gasteiger partial charge in [-0.15, -0.1) is 0 Å². The molecule has 0 bridgehead atoms. The van der Waals surface area contributed by atoms with Crippen molar-refractivity contribution in [3.05, 3.63) is 71.8 Å². The van der Waals surface area contributed by atoms with Crippen LogP contribution in [0.4, 0.5) is 0 Å². The van der Waals surface area contributed by atoms with Gasteiger partial charge in [-0.3, -0.25) is 9.59 Å². The van der Waals surface area contributed by atoms with Crippen molar-refractivity contribution in [2.75, 3.05) is 6.61 Å². The van der Waals surface area contributed by atoms with E-state index in [0.29, 0.717) is 26.1 Å². The average molecular weight is 338 g/mol. The molecule has 1 aliphatic heterocycles. The molecule has 5 heteroatoms. The van der Waals surface area contributed by atoms with Gasteiger partial charge in [0.15, 0.2) is 0 Å². The van der Waals surface area contributed by atoms with Gasteiger partial charge >= 0.3 is 0 Å². The van der Waals surface area contributed by atoms with Crippen LogP contribution < -0.4 is 10.6 Å². The van der Waals surface area contributed by atoms with Crippen LogP contribution in [0.15, 0.2) is 60.7 Å². The third-order valence-corrected chi connectivity index (χ3v) is 4.23. The lowest BCUT2D eigenvalue weighted by Crippen LogP contribution is -2.44. The van der Waals surface area contributed by atoms with E-state index in [-0.39, 0.29) is 17.9 Å². The molecule has 1 aliphatic rings. The van der Waals surface area contributed by atoms with Crippen molar-refractivity contribution in [1.82, 2.24) is 10.6 Å². The molecule has 2 amide bonds. The maximum atomic E-state index is 12.4. The molecule has 2 atom stereocenters. The number of ether oxygens (including phenoxy) is 1. The summed E-state index contributed by atoms with van der Waals surface area (Å²) in [6, 6.07) is 18.9. The van der Waals surface area contributed by atoms with E-state index in [1.165, 1.54) is 0 Å². The smallest absolute Gasteiger partial charge is 0.243 e. The summed E-state index contributed by atoms with van der Waals surface area (Å²) in [5.41, 5.74) is 2.07. The van der Waals surface area contributed by atoms with Crippen molar-refractivity contribution in [3.63, 3.8) is 0 Å². The van der Waals surface area contributed by atoms with Gasteiger partial charge in [0.1, 0.15) is 6.04 Å². The van der Waals surface area contributed by atoms with E-state index >= 15 is 0 Å². The fourth-order valence-corrected chi connectivity index (χ4v) is 2.86. The van der Waals surface area contributed by atoms with Crippen LogP contribution in [-0.4, -0.2) is 24.5 Å². The van der Waals surface area contributed by atoms with E-state index in [2.05, 4.69) is 10.6 Å². The lowest BCUT2D eigenvalue weighted by Gasteiger charge is -2.21. The van der Waals surface area contributed by atoms with E-state index in [9.17, 15) is 9.59 Å². The van der Waals surface area contributed by atoms with Gasteiger partial charge in [-0.05, 0) is 17.5 Å². The second-order valence-corrected chi connectivity index (χ2v) is 6.13. The third kappa shape index (κ3) is 4.90. The fraction of sp³-hybridized carbons (Fsp3) is 0.300. The van der Waals surface area contributed by atoms with Gasteiger partial charge in [0.05, 0.1) is 19.3 Å². The summed E-state index contributed by atoms with van der Waals surface area (Å²) in [5.74, 6) is -0.236. The summed E-state index contributed by atoms with van der Waals surface area (Å²) >= 11 is 0. The standard InChI is InChI=1S/C20H22N2O3/c23-19-12-11-17(21-19)20(24)22-18(16-9-5-2-6-10-16)14-25-13-15-7-3-1-4-8-15/h1-10,17-18H,11-14H2,(H,21,23)(H,22,24)/t17-,18-/m1/s1.